The molecule has 2 rings (SSSR count). The van der Waals surface area contributed by atoms with E-state index in [1.165, 1.54) is 11.1 Å². The number of benzene rings is 1. The summed E-state index contributed by atoms with van der Waals surface area (Å²) < 4.78 is 20.7. The van der Waals surface area contributed by atoms with Gasteiger partial charge >= 0.3 is 0 Å². The van der Waals surface area contributed by atoms with E-state index < -0.39 is 11.0 Å². The molecule has 1 saturated heterocycles. The van der Waals surface area contributed by atoms with Crippen LogP contribution in [0.5, 0.6) is 0 Å². The van der Waals surface area contributed by atoms with E-state index in [0.29, 0.717) is 13.2 Å². The van der Waals surface area contributed by atoms with Crippen LogP contribution in [-0.4, -0.2) is 22.2 Å². The molecule has 0 aromatic heterocycles. The average Bonchev–Trinajstić information content (AvgIpc) is 2.23. The van der Waals surface area contributed by atoms with Crippen molar-refractivity contribution in [1.29, 1.82) is 0 Å². The van der Waals surface area contributed by atoms with Crippen LogP contribution in [0, 0.1) is 6.92 Å². The Morgan fingerprint density at radius 1 is 1.28 bits per heavy atom. The molecule has 1 heterocycles. The average molecular weight is 267 g/mol. The van der Waals surface area contributed by atoms with Crippen molar-refractivity contribution in [2.75, 3.05) is 13.2 Å². The first-order chi connectivity index (χ1) is 8.35. The van der Waals surface area contributed by atoms with Crippen LogP contribution in [-0.2, 0) is 21.3 Å². The summed E-state index contributed by atoms with van der Waals surface area (Å²) in [4.78, 5) is 0. The minimum Gasteiger partial charge on any atom is -0.377 e. The molecule has 4 heteroatoms. The molecule has 3 nitrogen and oxygen atoms in total. The largest absolute Gasteiger partial charge is 0.377 e. The molecule has 0 bridgehead atoms. The lowest BCUT2D eigenvalue weighted by atomic mass is 9.86. The zero-order chi connectivity index (χ0) is 13.4. The summed E-state index contributed by atoms with van der Waals surface area (Å²) in [5, 5.41) is 0. The highest BCUT2D eigenvalue weighted by Crippen LogP contribution is 2.33. The lowest BCUT2D eigenvalue weighted by Gasteiger charge is -2.44. The van der Waals surface area contributed by atoms with Crippen molar-refractivity contribution in [3.8, 4) is 0 Å². The SMILES string of the molecule is Cc1ccccc1C1(NS(=O)C(C)(C)C)COC1. The second-order valence-electron chi connectivity index (χ2n) is 5.87. The van der Waals surface area contributed by atoms with Gasteiger partial charge in [-0.2, -0.15) is 0 Å². The topological polar surface area (TPSA) is 38.3 Å². The smallest absolute Gasteiger partial charge is 0.102 e. The van der Waals surface area contributed by atoms with E-state index in [9.17, 15) is 4.21 Å². The molecule has 1 aromatic rings. The third-order valence-corrected chi connectivity index (χ3v) is 4.89. The zero-order valence-electron chi connectivity index (χ0n) is 11.4. The fraction of sp³-hybridized carbons (Fsp3) is 0.571. The number of rotatable bonds is 3. The quantitative estimate of drug-likeness (QED) is 0.912. The van der Waals surface area contributed by atoms with Gasteiger partial charge in [0.2, 0.25) is 0 Å². The minimum atomic E-state index is -1.09. The minimum absolute atomic E-state index is 0.273. The summed E-state index contributed by atoms with van der Waals surface area (Å²) in [7, 11) is -1.09. The molecule has 0 saturated carbocycles. The van der Waals surface area contributed by atoms with Crippen LogP contribution in [0.2, 0.25) is 0 Å². The molecule has 0 amide bonds. The Labute approximate surface area is 112 Å². The first-order valence-corrected chi connectivity index (χ1v) is 7.34. The molecule has 1 fully saturated rings. The van der Waals surface area contributed by atoms with Crippen molar-refractivity contribution in [3.63, 3.8) is 0 Å². The van der Waals surface area contributed by atoms with Crippen LogP contribution in [0.25, 0.3) is 0 Å². The first kappa shape index (κ1) is 13.7. The van der Waals surface area contributed by atoms with Crippen LogP contribution in [0.15, 0.2) is 24.3 Å². The zero-order valence-corrected chi connectivity index (χ0v) is 12.3. The Bertz CT molecular complexity index is 461. The van der Waals surface area contributed by atoms with E-state index in [0.717, 1.165) is 0 Å². The standard InChI is InChI=1S/C14H21NO2S/c1-11-7-5-6-8-12(11)14(9-17-10-14)15-18(16)13(2,3)4/h5-8,15H,9-10H2,1-4H3. The van der Waals surface area contributed by atoms with Gasteiger partial charge < -0.3 is 4.74 Å². The summed E-state index contributed by atoms with van der Waals surface area (Å²) in [6.07, 6.45) is 0. The van der Waals surface area contributed by atoms with Gasteiger partial charge in [0.1, 0.15) is 5.54 Å². The predicted octanol–water partition coefficient (Wildman–Crippen LogP) is 2.27. The Hall–Kier alpha value is -0.710. The third kappa shape index (κ3) is 2.51. The van der Waals surface area contributed by atoms with Gasteiger partial charge in [0, 0.05) is 0 Å². The van der Waals surface area contributed by atoms with E-state index >= 15 is 0 Å². The fourth-order valence-electron chi connectivity index (χ4n) is 2.02. The number of nitrogens with one attached hydrogen (secondary N) is 1. The van der Waals surface area contributed by atoms with Crippen molar-refractivity contribution < 1.29 is 8.95 Å². The molecule has 1 aliphatic heterocycles. The Morgan fingerprint density at radius 2 is 1.89 bits per heavy atom. The van der Waals surface area contributed by atoms with Crippen LogP contribution < -0.4 is 4.72 Å². The van der Waals surface area contributed by atoms with Gasteiger partial charge in [-0.15, -0.1) is 0 Å². The molecule has 0 radical (unpaired) electrons. The maximum atomic E-state index is 12.3. The normalized spacial score (nSPS) is 20.2. The number of hydrogen-bond donors (Lipinski definition) is 1. The Kier molecular flexibility index (Phi) is 3.63. The molecule has 0 aliphatic carbocycles. The maximum absolute atomic E-state index is 12.3. The molecule has 1 unspecified atom stereocenters. The van der Waals surface area contributed by atoms with E-state index in [1.807, 2.05) is 32.9 Å². The number of aryl methyl sites for hydroxylation is 1. The van der Waals surface area contributed by atoms with Crippen LogP contribution in [0.3, 0.4) is 0 Å². The van der Waals surface area contributed by atoms with Gasteiger partial charge in [0.15, 0.2) is 0 Å². The third-order valence-electron chi connectivity index (χ3n) is 3.20. The molecule has 1 aliphatic rings. The van der Waals surface area contributed by atoms with Gasteiger partial charge in [-0.25, -0.2) is 8.93 Å². The predicted molar refractivity (Wildman–Crippen MR) is 74.7 cm³/mol. The van der Waals surface area contributed by atoms with Crippen LogP contribution in [0.1, 0.15) is 31.9 Å². The molecule has 1 N–H and O–H groups in total. The number of hydrogen-bond acceptors (Lipinski definition) is 2. The second-order valence-corrected chi connectivity index (χ2v) is 7.84. The van der Waals surface area contributed by atoms with Crippen molar-refractivity contribution in [1.82, 2.24) is 4.72 Å². The summed E-state index contributed by atoms with van der Waals surface area (Å²) >= 11 is 0. The van der Waals surface area contributed by atoms with Crippen LogP contribution >= 0.6 is 0 Å². The van der Waals surface area contributed by atoms with E-state index in [4.69, 9.17) is 4.74 Å². The van der Waals surface area contributed by atoms with Gasteiger partial charge in [-0.3, -0.25) is 0 Å². The van der Waals surface area contributed by atoms with Gasteiger partial charge in [-0.1, -0.05) is 24.3 Å². The summed E-state index contributed by atoms with van der Waals surface area (Å²) in [5.41, 5.74) is 2.11. The van der Waals surface area contributed by atoms with Crippen LogP contribution in [0.4, 0.5) is 0 Å². The molecular formula is C14H21NO2S. The van der Waals surface area contributed by atoms with Crippen molar-refractivity contribution in [2.24, 2.45) is 0 Å². The lowest BCUT2D eigenvalue weighted by Crippen LogP contribution is -2.60. The van der Waals surface area contributed by atoms with Crippen molar-refractivity contribution >= 4 is 11.0 Å². The molecule has 1 atom stereocenters. The number of ether oxygens (including phenoxy) is 1. The fourth-order valence-corrected chi connectivity index (χ4v) is 2.90. The molecular weight excluding hydrogens is 246 g/mol. The molecule has 18 heavy (non-hydrogen) atoms. The molecule has 1 aromatic carbocycles. The summed E-state index contributed by atoms with van der Waals surface area (Å²) in [6, 6.07) is 8.21. The highest BCUT2D eigenvalue weighted by molar-refractivity contribution is 7.84. The second kappa shape index (κ2) is 4.76. The van der Waals surface area contributed by atoms with E-state index in [1.54, 1.807) is 0 Å². The van der Waals surface area contributed by atoms with Crippen molar-refractivity contribution in [3.05, 3.63) is 35.4 Å². The van der Waals surface area contributed by atoms with Crippen molar-refractivity contribution in [2.45, 2.75) is 38.0 Å². The Morgan fingerprint density at radius 3 is 2.33 bits per heavy atom. The van der Waals surface area contributed by atoms with Gasteiger partial charge in [0.05, 0.1) is 28.9 Å². The van der Waals surface area contributed by atoms with E-state index in [2.05, 4.69) is 23.8 Å². The highest BCUT2D eigenvalue weighted by Gasteiger charge is 2.44. The maximum Gasteiger partial charge on any atom is 0.102 e. The summed E-state index contributed by atoms with van der Waals surface area (Å²) in [5.74, 6) is 0. The lowest BCUT2D eigenvalue weighted by molar-refractivity contribution is -0.0662. The molecule has 0 spiro atoms. The Balaban J connectivity index is 2.28. The monoisotopic (exact) mass is 267 g/mol. The first-order valence-electron chi connectivity index (χ1n) is 6.19. The van der Waals surface area contributed by atoms with Gasteiger partial charge in [0.25, 0.3) is 0 Å². The molecule has 100 valence electrons. The summed E-state index contributed by atoms with van der Waals surface area (Å²) in [6.45, 7) is 9.17. The van der Waals surface area contributed by atoms with E-state index in [-0.39, 0.29) is 10.3 Å². The highest BCUT2D eigenvalue weighted by atomic mass is 32.2. The van der Waals surface area contributed by atoms with Gasteiger partial charge in [-0.05, 0) is 38.8 Å².